The summed E-state index contributed by atoms with van der Waals surface area (Å²) in [5.74, 6) is 0.367. The largest absolute Gasteiger partial charge is 0.295 e. The molecule has 1 aliphatic rings. The first-order valence-corrected chi connectivity index (χ1v) is 8.41. The minimum absolute atomic E-state index is 0.00171. The Morgan fingerprint density at radius 2 is 2.32 bits per heavy atom. The summed E-state index contributed by atoms with van der Waals surface area (Å²) in [5, 5.41) is 10.4. The van der Waals surface area contributed by atoms with Crippen LogP contribution in [-0.4, -0.2) is 54.1 Å². The average Bonchev–Trinajstić information content (AvgIpc) is 2.89. The number of aromatic amines is 1. The quantitative estimate of drug-likeness (QED) is 0.766. The third-order valence-corrected chi connectivity index (χ3v) is 4.12. The van der Waals surface area contributed by atoms with E-state index >= 15 is 0 Å². The van der Waals surface area contributed by atoms with Gasteiger partial charge in [-0.25, -0.2) is 13.1 Å². The van der Waals surface area contributed by atoms with Crippen molar-refractivity contribution in [3.05, 3.63) is 11.9 Å². The summed E-state index contributed by atoms with van der Waals surface area (Å²) in [5.41, 5.74) is 0.884. The molecule has 0 bridgehead atoms. The molecule has 2 N–H and O–H groups in total. The molecule has 7 nitrogen and oxygen atoms in total. The van der Waals surface area contributed by atoms with E-state index < -0.39 is 10.0 Å². The van der Waals surface area contributed by atoms with E-state index in [2.05, 4.69) is 32.0 Å². The molecule has 108 valence electrons. The zero-order chi connectivity index (χ0) is 13.9. The highest BCUT2D eigenvalue weighted by atomic mass is 32.2. The Labute approximate surface area is 113 Å². The lowest BCUT2D eigenvalue weighted by Crippen LogP contribution is -2.39. The van der Waals surface area contributed by atoms with Crippen molar-refractivity contribution in [3.8, 4) is 0 Å². The number of H-pyrrole nitrogens is 1. The molecule has 0 aromatic carbocycles. The zero-order valence-electron chi connectivity index (χ0n) is 11.3. The lowest BCUT2D eigenvalue weighted by Gasteiger charge is -2.17. The van der Waals surface area contributed by atoms with Crippen LogP contribution in [0.5, 0.6) is 0 Å². The van der Waals surface area contributed by atoms with Crippen LogP contribution in [0.25, 0.3) is 0 Å². The summed E-state index contributed by atoms with van der Waals surface area (Å²) in [4.78, 5) is 2.22. The van der Waals surface area contributed by atoms with Gasteiger partial charge in [-0.05, 0) is 12.3 Å². The third kappa shape index (κ3) is 4.26. The fourth-order valence-electron chi connectivity index (χ4n) is 2.69. The highest BCUT2D eigenvalue weighted by Crippen LogP contribution is 2.23. The number of hydrogen-bond donors (Lipinski definition) is 2. The van der Waals surface area contributed by atoms with E-state index in [9.17, 15) is 8.42 Å². The molecule has 2 heterocycles. The molecule has 19 heavy (non-hydrogen) atoms. The summed E-state index contributed by atoms with van der Waals surface area (Å²) in [6.45, 7) is 4.45. The van der Waals surface area contributed by atoms with E-state index in [1.54, 1.807) is 6.20 Å². The van der Waals surface area contributed by atoms with Crippen LogP contribution >= 0.6 is 0 Å². The Balaban J connectivity index is 1.98. The Bertz CT molecular complexity index is 487. The zero-order valence-corrected chi connectivity index (χ0v) is 12.2. The van der Waals surface area contributed by atoms with E-state index in [4.69, 9.17) is 0 Å². The van der Waals surface area contributed by atoms with Gasteiger partial charge in [0.1, 0.15) is 0 Å². The van der Waals surface area contributed by atoms with Gasteiger partial charge in [-0.2, -0.15) is 15.4 Å². The van der Waals surface area contributed by atoms with Crippen LogP contribution < -0.4 is 4.72 Å². The van der Waals surface area contributed by atoms with Crippen molar-refractivity contribution >= 4 is 10.0 Å². The molecule has 8 heteroatoms. The van der Waals surface area contributed by atoms with Gasteiger partial charge in [0.15, 0.2) is 0 Å². The average molecular weight is 287 g/mol. The number of aromatic nitrogens is 3. The standard InChI is InChI=1S/C11H21N5O2S/c1-3-4-9-6-16(7-10-5-12-15-13-10)8-11(9)14-19(2,17)18/h5,9,11,14H,3-4,6-8H2,1-2H3,(H,12,13,15)/t9-,11-/m0/s1. The van der Waals surface area contributed by atoms with Gasteiger partial charge in [0.25, 0.3) is 0 Å². The fraction of sp³-hybridized carbons (Fsp3) is 0.818. The van der Waals surface area contributed by atoms with Crippen LogP contribution in [0, 0.1) is 5.92 Å². The molecule has 0 saturated carbocycles. The first kappa shape index (κ1) is 14.4. The molecule has 1 saturated heterocycles. The molecular formula is C11H21N5O2S. The first-order chi connectivity index (χ1) is 8.98. The van der Waals surface area contributed by atoms with Gasteiger partial charge in [0, 0.05) is 25.7 Å². The van der Waals surface area contributed by atoms with Gasteiger partial charge in [0.05, 0.1) is 18.1 Å². The molecule has 1 aliphatic heterocycles. The normalized spacial score (nSPS) is 24.9. The first-order valence-electron chi connectivity index (χ1n) is 6.52. The molecular weight excluding hydrogens is 266 g/mol. The third-order valence-electron chi connectivity index (χ3n) is 3.39. The maximum Gasteiger partial charge on any atom is 0.209 e. The van der Waals surface area contributed by atoms with Crippen LogP contribution in [0.1, 0.15) is 25.5 Å². The van der Waals surface area contributed by atoms with Crippen LogP contribution in [0.15, 0.2) is 6.20 Å². The maximum absolute atomic E-state index is 11.4. The molecule has 2 rings (SSSR count). The smallest absolute Gasteiger partial charge is 0.209 e. The van der Waals surface area contributed by atoms with E-state index in [1.807, 2.05) is 0 Å². The van der Waals surface area contributed by atoms with E-state index in [0.717, 1.165) is 31.6 Å². The van der Waals surface area contributed by atoms with E-state index in [0.29, 0.717) is 12.5 Å². The summed E-state index contributed by atoms with van der Waals surface area (Å²) in [6, 6.07) is 0.00171. The molecule has 1 fully saturated rings. The van der Waals surface area contributed by atoms with Gasteiger partial charge < -0.3 is 0 Å². The highest BCUT2D eigenvalue weighted by molar-refractivity contribution is 7.88. The van der Waals surface area contributed by atoms with Crippen molar-refractivity contribution in [1.82, 2.24) is 25.0 Å². The Morgan fingerprint density at radius 1 is 1.53 bits per heavy atom. The number of sulfonamides is 1. The fourth-order valence-corrected chi connectivity index (χ4v) is 3.51. The second-order valence-electron chi connectivity index (χ2n) is 5.20. The second-order valence-corrected chi connectivity index (χ2v) is 6.98. The lowest BCUT2D eigenvalue weighted by atomic mass is 9.99. The number of rotatable bonds is 6. The monoisotopic (exact) mass is 287 g/mol. The van der Waals surface area contributed by atoms with E-state index in [1.165, 1.54) is 6.26 Å². The van der Waals surface area contributed by atoms with Gasteiger partial charge >= 0.3 is 0 Å². The predicted molar refractivity (Wildman–Crippen MR) is 71.8 cm³/mol. The molecule has 0 unspecified atom stereocenters. The molecule has 0 amide bonds. The van der Waals surface area contributed by atoms with Crippen LogP contribution in [0.2, 0.25) is 0 Å². The topological polar surface area (TPSA) is 91.0 Å². The summed E-state index contributed by atoms with van der Waals surface area (Å²) in [6.07, 6.45) is 5.01. The predicted octanol–water partition coefficient (Wildman–Crippen LogP) is -0.0456. The van der Waals surface area contributed by atoms with E-state index in [-0.39, 0.29) is 6.04 Å². The van der Waals surface area contributed by atoms with Crippen molar-refractivity contribution in [2.45, 2.75) is 32.4 Å². The van der Waals surface area contributed by atoms with Gasteiger partial charge in [-0.15, -0.1) is 0 Å². The molecule has 2 atom stereocenters. The van der Waals surface area contributed by atoms with Crippen molar-refractivity contribution in [2.75, 3.05) is 19.3 Å². The summed E-state index contributed by atoms with van der Waals surface area (Å²) in [7, 11) is -3.16. The Hall–Kier alpha value is -0.990. The Morgan fingerprint density at radius 3 is 2.89 bits per heavy atom. The van der Waals surface area contributed by atoms with Crippen LogP contribution in [-0.2, 0) is 16.6 Å². The minimum Gasteiger partial charge on any atom is -0.295 e. The van der Waals surface area contributed by atoms with Gasteiger partial charge in [-0.3, -0.25) is 4.90 Å². The summed E-state index contributed by atoms with van der Waals surface area (Å²) >= 11 is 0. The van der Waals surface area contributed by atoms with Crippen molar-refractivity contribution in [3.63, 3.8) is 0 Å². The summed E-state index contributed by atoms with van der Waals surface area (Å²) < 4.78 is 25.6. The molecule has 0 aliphatic carbocycles. The van der Waals surface area contributed by atoms with Crippen molar-refractivity contribution < 1.29 is 8.42 Å². The SMILES string of the molecule is CCC[C@H]1CN(Cc2cn[nH]n2)C[C@@H]1NS(C)(=O)=O. The number of hydrogen-bond acceptors (Lipinski definition) is 5. The maximum atomic E-state index is 11.4. The number of likely N-dealkylation sites (tertiary alicyclic amines) is 1. The van der Waals surface area contributed by atoms with Crippen LogP contribution in [0.4, 0.5) is 0 Å². The van der Waals surface area contributed by atoms with Gasteiger partial charge in [0.2, 0.25) is 10.0 Å². The molecule has 0 radical (unpaired) electrons. The Kier molecular flexibility index (Phi) is 4.54. The number of nitrogens with zero attached hydrogens (tertiary/aromatic N) is 3. The van der Waals surface area contributed by atoms with Crippen molar-refractivity contribution in [2.24, 2.45) is 5.92 Å². The molecule has 1 aromatic rings. The number of nitrogens with one attached hydrogen (secondary N) is 2. The van der Waals surface area contributed by atoms with Crippen LogP contribution in [0.3, 0.4) is 0 Å². The van der Waals surface area contributed by atoms with Crippen molar-refractivity contribution in [1.29, 1.82) is 0 Å². The molecule has 0 spiro atoms. The molecule has 1 aromatic heterocycles. The minimum atomic E-state index is -3.16. The lowest BCUT2D eigenvalue weighted by molar-refractivity contribution is 0.308. The second kappa shape index (κ2) is 5.98. The van der Waals surface area contributed by atoms with Gasteiger partial charge in [-0.1, -0.05) is 13.3 Å². The highest BCUT2D eigenvalue weighted by Gasteiger charge is 2.33.